The van der Waals surface area contributed by atoms with E-state index in [0.717, 1.165) is 19.4 Å². The van der Waals surface area contributed by atoms with Crippen LogP contribution in [0, 0.1) is 17.3 Å². The third-order valence-electron chi connectivity index (χ3n) is 4.49. The molecule has 2 amide bonds. The van der Waals surface area contributed by atoms with Crippen LogP contribution in [0.5, 0.6) is 0 Å². The van der Waals surface area contributed by atoms with Crippen LogP contribution in [0.3, 0.4) is 0 Å². The van der Waals surface area contributed by atoms with Gasteiger partial charge < -0.3 is 15.3 Å². The van der Waals surface area contributed by atoms with Crippen molar-refractivity contribution in [3.63, 3.8) is 0 Å². The number of rotatable bonds is 5. The molecule has 1 fully saturated rings. The van der Waals surface area contributed by atoms with E-state index in [0.29, 0.717) is 6.54 Å². The van der Waals surface area contributed by atoms with Crippen molar-refractivity contribution < 1.29 is 14.7 Å². The zero-order chi connectivity index (χ0) is 15.3. The average molecular weight is 284 g/mol. The molecule has 0 bridgehead atoms. The molecule has 0 aromatic heterocycles. The van der Waals surface area contributed by atoms with Crippen LogP contribution in [0.1, 0.15) is 40.5 Å². The Bertz CT molecular complexity index is 353. The second-order valence-electron chi connectivity index (χ2n) is 6.48. The summed E-state index contributed by atoms with van der Waals surface area (Å²) < 4.78 is 0. The largest absolute Gasteiger partial charge is 0.395 e. The second-order valence-corrected chi connectivity index (χ2v) is 6.48. The van der Waals surface area contributed by atoms with Crippen molar-refractivity contribution in [2.24, 2.45) is 17.3 Å². The summed E-state index contributed by atoms with van der Waals surface area (Å²) in [6.07, 6.45) is 1.67. The molecule has 116 valence electrons. The minimum atomic E-state index is -0.399. The number of amides is 2. The normalized spacial score (nSPS) is 20.1. The van der Waals surface area contributed by atoms with E-state index in [2.05, 4.69) is 5.32 Å². The first-order chi connectivity index (χ1) is 9.30. The lowest BCUT2D eigenvalue weighted by atomic mass is 9.79. The van der Waals surface area contributed by atoms with Gasteiger partial charge in [-0.1, -0.05) is 27.7 Å². The van der Waals surface area contributed by atoms with E-state index < -0.39 is 5.41 Å². The Hall–Kier alpha value is -1.10. The lowest BCUT2D eigenvalue weighted by Crippen LogP contribution is -2.50. The van der Waals surface area contributed by atoms with Crippen LogP contribution in [0.4, 0.5) is 0 Å². The highest BCUT2D eigenvalue weighted by molar-refractivity contribution is 5.84. The molecule has 1 aliphatic heterocycles. The maximum absolute atomic E-state index is 12.6. The fourth-order valence-corrected chi connectivity index (χ4v) is 2.35. The van der Waals surface area contributed by atoms with Gasteiger partial charge in [0.15, 0.2) is 0 Å². The maximum Gasteiger partial charge on any atom is 0.228 e. The molecule has 0 aromatic carbocycles. The summed E-state index contributed by atoms with van der Waals surface area (Å²) in [7, 11) is 0. The molecule has 20 heavy (non-hydrogen) atoms. The summed E-state index contributed by atoms with van der Waals surface area (Å²) in [4.78, 5) is 26.4. The number of aliphatic hydroxyl groups excluding tert-OH is 1. The third kappa shape index (κ3) is 3.95. The number of carbonyl (C=O) groups excluding carboxylic acids is 2. The van der Waals surface area contributed by atoms with Crippen molar-refractivity contribution in [2.75, 3.05) is 26.2 Å². The predicted molar refractivity (Wildman–Crippen MR) is 78.0 cm³/mol. The van der Waals surface area contributed by atoms with Gasteiger partial charge >= 0.3 is 0 Å². The fourth-order valence-electron chi connectivity index (χ4n) is 2.35. The first kappa shape index (κ1) is 17.0. The van der Waals surface area contributed by atoms with Crippen molar-refractivity contribution in [2.45, 2.75) is 40.5 Å². The van der Waals surface area contributed by atoms with Crippen LogP contribution in [0.25, 0.3) is 0 Å². The number of hydrogen-bond donors (Lipinski definition) is 2. The number of aliphatic hydroxyl groups is 1. The Kier molecular flexibility index (Phi) is 5.99. The van der Waals surface area contributed by atoms with E-state index in [1.807, 2.05) is 32.6 Å². The zero-order valence-corrected chi connectivity index (χ0v) is 13.1. The first-order valence-electron chi connectivity index (χ1n) is 7.48. The van der Waals surface area contributed by atoms with Crippen molar-refractivity contribution in [1.82, 2.24) is 10.2 Å². The molecule has 1 saturated heterocycles. The smallest absolute Gasteiger partial charge is 0.228 e. The van der Waals surface area contributed by atoms with E-state index in [4.69, 9.17) is 5.11 Å². The summed E-state index contributed by atoms with van der Waals surface area (Å²) in [6, 6.07) is 0. The first-order valence-corrected chi connectivity index (χ1v) is 7.48. The van der Waals surface area contributed by atoms with Gasteiger partial charge in [-0.25, -0.2) is 0 Å². The van der Waals surface area contributed by atoms with Crippen LogP contribution in [0.2, 0.25) is 0 Å². The number of likely N-dealkylation sites (tertiary alicyclic amines) is 1. The molecule has 0 aromatic rings. The molecule has 1 heterocycles. The summed E-state index contributed by atoms with van der Waals surface area (Å²) in [6.45, 7) is 9.48. The SMILES string of the molecule is CC(C)C(C)(C)C(=O)N1CCCC(C(=O)NCCO)C1. The molecule has 0 spiro atoms. The topological polar surface area (TPSA) is 69.6 Å². The van der Waals surface area contributed by atoms with Gasteiger partial charge in [-0.2, -0.15) is 0 Å². The van der Waals surface area contributed by atoms with Crippen molar-refractivity contribution in [3.8, 4) is 0 Å². The summed E-state index contributed by atoms with van der Waals surface area (Å²) >= 11 is 0. The van der Waals surface area contributed by atoms with Crippen LogP contribution in [0.15, 0.2) is 0 Å². The van der Waals surface area contributed by atoms with Gasteiger partial charge in [0.05, 0.1) is 12.5 Å². The van der Waals surface area contributed by atoms with Crippen LogP contribution in [-0.2, 0) is 9.59 Å². The van der Waals surface area contributed by atoms with Gasteiger partial charge in [-0.15, -0.1) is 0 Å². The number of hydrogen-bond acceptors (Lipinski definition) is 3. The summed E-state index contributed by atoms with van der Waals surface area (Å²) in [5.41, 5.74) is -0.399. The number of carbonyl (C=O) groups is 2. The number of nitrogens with one attached hydrogen (secondary N) is 1. The molecule has 0 radical (unpaired) electrons. The van der Waals surface area contributed by atoms with Gasteiger partial charge in [0.2, 0.25) is 11.8 Å². The van der Waals surface area contributed by atoms with Gasteiger partial charge in [0, 0.05) is 25.0 Å². The van der Waals surface area contributed by atoms with Gasteiger partial charge in [0.1, 0.15) is 0 Å². The third-order valence-corrected chi connectivity index (χ3v) is 4.49. The fraction of sp³-hybridized carbons (Fsp3) is 0.867. The molecule has 0 aliphatic carbocycles. The Morgan fingerprint density at radius 2 is 2.05 bits per heavy atom. The predicted octanol–water partition coefficient (Wildman–Crippen LogP) is 1.02. The van der Waals surface area contributed by atoms with E-state index in [1.165, 1.54) is 0 Å². The summed E-state index contributed by atoms with van der Waals surface area (Å²) in [5.74, 6) is 0.187. The highest BCUT2D eigenvalue weighted by Crippen LogP contribution is 2.30. The van der Waals surface area contributed by atoms with Crippen molar-refractivity contribution in [1.29, 1.82) is 0 Å². The van der Waals surface area contributed by atoms with Gasteiger partial charge in [-0.05, 0) is 18.8 Å². The van der Waals surface area contributed by atoms with Crippen LogP contribution < -0.4 is 5.32 Å². The van der Waals surface area contributed by atoms with E-state index >= 15 is 0 Å². The van der Waals surface area contributed by atoms with E-state index in [9.17, 15) is 9.59 Å². The monoisotopic (exact) mass is 284 g/mol. The number of piperidine rings is 1. The Balaban J connectivity index is 2.65. The maximum atomic E-state index is 12.6. The molecule has 1 unspecified atom stereocenters. The minimum Gasteiger partial charge on any atom is -0.395 e. The number of nitrogens with zero attached hydrogens (tertiary/aromatic N) is 1. The molecule has 1 atom stereocenters. The quantitative estimate of drug-likeness (QED) is 0.792. The Morgan fingerprint density at radius 1 is 1.40 bits per heavy atom. The molecular weight excluding hydrogens is 256 g/mol. The zero-order valence-electron chi connectivity index (χ0n) is 13.1. The highest BCUT2D eigenvalue weighted by atomic mass is 16.3. The molecule has 1 aliphatic rings. The van der Waals surface area contributed by atoms with Crippen LogP contribution >= 0.6 is 0 Å². The minimum absolute atomic E-state index is 0.0541. The van der Waals surface area contributed by atoms with Gasteiger partial charge in [-0.3, -0.25) is 9.59 Å². The molecule has 2 N–H and O–H groups in total. The highest BCUT2D eigenvalue weighted by Gasteiger charge is 2.37. The Labute approximate surface area is 121 Å². The van der Waals surface area contributed by atoms with E-state index in [1.54, 1.807) is 0 Å². The standard InChI is InChI=1S/C15H28N2O3/c1-11(2)15(3,4)14(20)17-8-5-6-12(10-17)13(19)16-7-9-18/h11-12,18H,5-10H2,1-4H3,(H,16,19). The molecular formula is C15H28N2O3. The summed E-state index contributed by atoms with van der Waals surface area (Å²) in [5, 5.41) is 11.4. The molecule has 1 rings (SSSR count). The van der Waals surface area contributed by atoms with Crippen molar-refractivity contribution >= 4 is 11.8 Å². The lowest BCUT2D eigenvalue weighted by Gasteiger charge is -2.38. The van der Waals surface area contributed by atoms with Gasteiger partial charge in [0.25, 0.3) is 0 Å². The molecule has 5 heteroatoms. The second kappa shape index (κ2) is 7.07. The molecule has 0 saturated carbocycles. The Morgan fingerprint density at radius 3 is 2.60 bits per heavy atom. The van der Waals surface area contributed by atoms with Crippen LogP contribution in [-0.4, -0.2) is 48.1 Å². The molecule has 5 nitrogen and oxygen atoms in total. The van der Waals surface area contributed by atoms with E-state index in [-0.39, 0.29) is 36.8 Å². The average Bonchev–Trinajstić information content (AvgIpc) is 2.43. The van der Waals surface area contributed by atoms with Crippen molar-refractivity contribution in [3.05, 3.63) is 0 Å². The lowest BCUT2D eigenvalue weighted by molar-refractivity contribution is -0.145.